The lowest BCUT2D eigenvalue weighted by atomic mass is 10.2. The van der Waals surface area contributed by atoms with Gasteiger partial charge in [-0.2, -0.15) is 13.4 Å². The first-order chi connectivity index (χ1) is 9.29. The molecule has 0 unspecified atom stereocenters. The van der Waals surface area contributed by atoms with E-state index in [2.05, 4.69) is 4.98 Å². The molecule has 2 rings (SSSR count). The molecule has 2 aromatic rings. The first kappa shape index (κ1) is 14.3. The van der Waals surface area contributed by atoms with Crippen LogP contribution in [-0.4, -0.2) is 18.0 Å². The van der Waals surface area contributed by atoms with Crippen molar-refractivity contribution in [2.24, 2.45) is 7.05 Å². The Bertz CT molecular complexity index is 792. The van der Waals surface area contributed by atoms with Crippen molar-refractivity contribution in [2.75, 3.05) is 0 Å². The van der Waals surface area contributed by atoms with Crippen molar-refractivity contribution >= 4 is 10.1 Å². The van der Waals surface area contributed by atoms with Gasteiger partial charge in [0.15, 0.2) is 0 Å². The van der Waals surface area contributed by atoms with E-state index in [0.717, 1.165) is 11.6 Å². The highest BCUT2D eigenvalue weighted by Crippen LogP contribution is 2.16. The summed E-state index contributed by atoms with van der Waals surface area (Å²) in [6.07, 6.45) is 0. The molecule has 0 aliphatic rings. The van der Waals surface area contributed by atoms with Crippen molar-refractivity contribution in [3.8, 4) is 5.88 Å². The van der Waals surface area contributed by atoms with Crippen LogP contribution in [0.4, 0.5) is 0 Å². The van der Waals surface area contributed by atoms with Gasteiger partial charge in [0.2, 0.25) is 5.88 Å². The Morgan fingerprint density at radius 2 is 1.75 bits per heavy atom. The molecule has 0 bridgehead atoms. The van der Waals surface area contributed by atoms with Crippen LogP contribution in [0.25, 0.3) is 0 Å². The van der Waals surface area contributed by atoms with Gasteiger partial charge in [-0.1, -0.05) is 17.7 Å². The topological polar surface area (TPSA) is 78.3 Å². The van der Waals surface area contributed by atoms with Crippen LogP contribution in [0.1, 0.15) is 11.4 Å². The monoisotopic (exact) mass is 294 g/mol. The normalized spacial score (nSPS) is 11.3. The minimum absolute atomic E-state index is 0.0169. The molecule has 0 saturated carbocycles. The van der Waals surface area contributed by atoms with Crippen LogP contribution < -0.4 is 9.74 Å². The Morgan fingerprint density at radius 3 is 2.30 bits per heavy atom. The van der Waals surface area contributed by atoms with Crippen molar-refractivity contribution in [1.82, 2.24) is 9.55 Å². The summed E-state index contributed by atoms with van der Waals surface area (Å²) in [6.45, 7) is 3.44. The highest BCUT2D eigenvalue weighted by molar-refractivity contribution is 7.87. The summed E-state index contributed by atoms with van der Waals surface area (Å²) in [7, 11) is -2.44. The van der Waals surface area contributed by atoms with Crippen LogP contribution in [0.2, 0.25) is 0 Å². The lowest BCUT2D eigenvalue weighted by Gasteiger charge is -2.08. The summed E-state index contributed by atoms with van der Waals surface area (Å²) in [5, 5.41) is 0. The second kappa shape index (κ2) is 5.09. The molecular formula is C13H14N2O4S. The second-order valence-corrected chi connectivity index (χ2v) is 5.94. The molecule has 1 heterocycles. The minimum atomic E-state index is -3.99. The van der Waals surface area contributed by atoms with Crippen LogP contribution >= 0.6 is 0 Å². The Labute approximate surface area is 116 Å². The molecule has 0 saturated heterocycles. The van der Waals surface area contributed by atoms with Crippen molar-refractivity contribution in [2.45, 2.75) is 18.7 Å². The molecule has 0 aliphatic heterocycles. The molecular weight excluding hydrogens is 280 g/mol. The van der Waals surface area contributed by atoms with Crippen LogP contribution in [0.15, 0.2) is 40.0 Å². The third kappa shape index (κ3) is 2.88. The zero-order chi connectivity index (χ0) is 14.9. The summed E-state index contributed by atoms with van der Waals surface area (Å²) in [6, 6.07) is 7.26. The fourth-order valence-electron chi connectivity index (χ4n) is 1.54. The summed E-state index contributed by atoms with van der Waals surface area (Å²) >= 11 is 0. The summed E-state index contributed by atoms with van der Waals surface area (Å²) < 4.78 is 30.3. The average Bonchev–Trinajstić information content (AvgIpc) is 2.36. The fraction of sp³-hybridized carbons (Fsp3) is 0.231. The Morgan fingerprint density at radius 1 is 1.15 bits per heavy atom. The predicted octanol–water partition coefficient (Wildman–Crippen LogP) is 1.16. The smallest absolute Gasteiger partial charge is 0.340 e. The maximum atomic E-state index is 12.0. The van der Waals surface area contributed by atoms with Crippen molar-refractivity contribution in [3.63, 3.8) is 0 Å². The van der Waals surface area contributed by atoms with Gasteiger partial charge in [-0.25, -0.2) is 0 Å². The number of hydrogen-bond acceptors (Lipinski definition) is 5. The van der Waals surface area contributed by atoms with E-state index in [9.17, 15) is 13.2 Å². The number of rotatable bonds is 3. The van der Waals surface area contributed by atoms with Gasteiger partial charge in [-0.15, -0.1) is 0 Å². The Kier molecular flexibility index (Phi) is 3.63. The summed E-state index contributed by atoms with van der Waals surface area (Å²) in [5.41, 5.74) is 0.554. The van der Waals surface area contributed by atoms with Crippen LogP contribution in [-0.2, 0) is 17.2 Å². The molecule has 20 heavy (non-hydrogen) atoms. The summed E-state index contributed by atoms with van der Waals surface area (Å²) in [4.78, 5) is 15.5. The van der Waals surface area contributed by atoms with Gasteiger partial charge in [0.05, 0.1) is 6.07 Å². The molecule has 0 atom stereocenters. The summed E-state index contributed by atoms with van der Waals surface area (Å²) in [5.74, 6) is 0.137. The van der Waals surface area contributed by atoms with Crippen molar-refractivity contribution < 1.29 is 12.6 Å². The molecule has 0 spiro atoms. The number of aryl methyl sites for hydroxylation is 2. The zero-order valence-electron chi connectivity index (χ0n) is 11.3. The van der Waals surface area contributed by atoms with Crippen LogP contribution in [0.5, 0.6) is 5.88 Å². The Balaban J connectivity index is 2.38. The van der Waals surface area contributed by atoms with Gasteiger partial charge in [-0.05, 0) is 26.0 Å². The molecule has 0 fully saturated rings. The van der Waals surface area contributed by atoms with Gasteiger partial charge >= 0.3 is 10.1 Å². The standard InChI is InChI=1S/C13H14N2O4S/c1-9-4-6-11(7-5-9)20(17,18)19-12-8-13(16)15(3)10(2)14-12/h4-8H,1-3H3. The van der Waals surface area contributed by atoms with E-state index in [1.165, 1.54) is 16.7 Å². The molecule has 0 N–H and O–H groups in total. The molecule has 6 nitrogen and oxygen atoms in total. The van der Waals surface area contributed by atoms with Gasteiger partial charge in [0, 0.05) is 7.05 Å². The molecule has 7 heteroatoms. The third-order valence-electron chi connectivity index (χ3n) is 2.84. The van der Waals surface area contributed by atoms with E-state index in [4.69, 9.17) is 4.18 Å². The molecule has 1 aromatic heterocycles. The van der Waals surface area contributed by atoms with Crippen LogP contribution in [0.3, 0.4) is 0 Å². The maximum Gasteiger partial charge on any atom is 0.340 e. The lowest BCUT2D eigenvalue weighted by Crippen LogP contribution is -2.21. The zero-order valence-corrected chi connectivity index (χ0v) is 12.1. The highest BCUT2D eigenvalue weighted by Gasteiger charge is 2.18. The van der Waals surface area contributed by atoms with E-state index in [0.29, 0.717) is 5.82 Å². The lowest BCUT2D eigenvalue weighted by molar-refractivity contribution is 0.471. The van der Waals surface area contributed by atoms with E-state index in [1.54, 1.807) is 26.1 Å². The number of aromatic nitrogens is 2. The molecule has 106 valence electrons. The van der Waals surface area contributed by atoms with Gasteiger partial charge in [0.1, 0.15) is 10.7 Å². The van der Waals surface area contributed by atoms with E-state index in [1.807, 2.05) is 6.92 Å². The van der Waals surface area contributed by atoms with Crippen molar-refractivity contribution in [3.05, 3.63) is 52.1 Å². The predicted molar refractivity (Wildman–Crippen MR) is 73.2 cm³/mol. The SMILES string of the molecule is Cc1ccc(S(=O)(=O)Oc2cc(=O)n(C)c(C)n2)cc1. The average molecular weight is 294 g/mol. The van der Waals surface area contributed by atoms with Crippen LogP contribution in [0, 0.1) is 13.8 Å². The van der Waals surface area contributed by atoms with Gasteiger partial charge in [-0.3, -0.25) is 9.36 Å². The number of hydrogen-bond donors (Lipinski definition) is 0. The largest absolute Gasteiger partial charge is 0.358 e. The molecule has 0 aliphatic carbocycles. The van der Waals surface area contributed by atoms with E-state index in [-0.39, 0.29) is 16.3 Å². The van der Waals surface area contributed by atoms with Gasteiger partial charge in [0.25, 0.3) is 5.56 Å². The first-order valence-electron chi connectivity index (χ1n) is 5.85. The number of benzene rings is 1. The third-order valence-corrected chi connectivity index (χ3v) is 4.08. The van der Waals surface area contributed by atoms with Gasteiger partial charge < -0.3 is 4.18 Å². The first-order valence-corrected chi connectivity index (χ1v) is 7.26. The molecule has 0 radical (unpaired) electrons. The van der Waals surface area contributed by atoms with E-state index >= 15 is 0 Å². The Hall–Kier alpha value is -2.15. The fourth-order valence-corrected chi connectivity index (χ4v) is 2.41. The quantitative estimate of drug-likeness (QED) is 0.794. The maximum absolute atomic E-state index is 12.0. The molecule has 1 aromatic carbocycles. The van der Waals surface area contributed by atoms with E-state index < -0.39 is 10.1 Å². The second-order valence-electron chi connectivity index (χ2n) is 4.39. The highest BCUT2D eigenvalue weighted by atomic mass is 32.2. The minimum Gasteiger partial charge on any atom is -0.358 e. The molecule has 0 amide bonds. The number of nitrogens with zero attached hydrogens (tertiary/aromatic N) is 2. The van der Waals surface area contributed by atoms with Crippen molar-refractivity contribution in [1.29, 1.82) is 0 Å².